The number of carbonyl (C=O) groups excluding carboxylic acids is 1. The second-order valence-electron chi connectivity index (χ2n) is 6.32. The van der Waals surface area contributed by atoms with Crippen molar-refractivity contribution in [2.75, 3.05) is 5.88 Å². The molecular formula is C17H22ClNO. The van der Waals surface area contributed by atoms with Crippen LogP contribution in [0.5, 0.6) is 0 Å². The molecule has 2 aliphatic rings. The summed E-state index contributed by atoms with van der Waals surface area (Å²) in [4.78, 5) is 12.6. The number of rotatable bonds is 3. The smallest absolute Gasteiger partial charge is 0.223 e. The number of carbonyl (C=O) groups is 1. The Labute approximate surface area is 125 Å². The molecule has 1 amide bonds. The number of halogens is 1. The van der Waals surface area contributed by atoms with E-state index in [0.717, 1.165) is 32.1 Å². The maximum absolute atomic E-state index is 12.6. The molecule has 1 unspecified atom stereocenters. The van der Waals surface area contributed by atoms with Crippen LogP contribution in [0.15, 0.2) is 24.3 Å². The summed E-state index contributed by atoms with van der Waals surface area (Å²) in [5, 5.41) is 3.27. The molecule has 0 bridgehead atoms. The quantitative estimate of drug-likeness (QED) is 0.849. The summed E-state index contributed by atoms with van der Waals surface area (Å²) in [6, 6.07) is 8.49. The highest BCUT2D eigenvalue weighted by molar-refractivity contribution is 6.18. The molecule has 20 heavy (non-hydrogen) atoms. The fourth-order valence-corrected chi connectivity index (χ4v) is 3.96. The number of aryl methyl sites for hydroxylation is 1. The molecule has 0 aliphatic heterocycles. The van der Waals surface area contributed by atoms with Crippen molar-refractivity contribution in [3.8, 4) is 0 Å². The predicted octanol–water partition coefficient (Wildman–Crippen LogP) is 3.46. The van der Waals surface area contributed by atoms with Gasteiger partial charge in [-0.25, -0.2) is 0 Å². The lowest BCUT2D eigenvalue weighted by Crippen LogP contribution is -2.50. The Balaban J connectivity index is 1.67. The van der Waals surface area contributed by atoms with Gasteiger partial charge >= 0.3 is 0 Å². The van der Waals surface area contributed by atoms with E-state index in [0.29, 0.717) is 5.88 Å². The van der Waals surface area contributed by atoms with Crippen LogP contribution in [-0.4, -0.2) is 17.3 Å². The molecule has 3 heteroatoms. The van der Waals surface area contributed by atoms with Gasteiger partial charge in [-0.05, 0) is 43.2 Å². The minimum Gasteiger partial charge on any atom is -0.349 e. The third kappa shape index (κ3) is 2.71. The van der Waals surface area contributed by atoms with Crippen LogP contribution in [0.4, 0.5) is 0 Å². The van der Waals surface area contributed by atoms with E-state index in [-0.39, 0.29) is 17.4 Å². The maximum atomic E-state index is 12.6. The first-order chi connectivity index (χ1) is 9.72. The van der Waals surface area contributed by atoms with Crippen LogP contribution in [0.1, 0.15) is 43.2 Å². The lowest BCUT2D eigenvalue weighted by atomic mass is 9.83. The Morgan fingerprint density at radius 1 is 1.25 bits per heavy atom. The Hall–Kier alpha value is -1.02. The first kappa shape index (κ1) is 13.9. The number of fused-ring (bicyclic) bond motifs is 1. The number of hydrogen-bond acceptors (Lipinski definition) is 1. The Bertz CT molecular complexity index is 494. The van der Waals surface area contributed by atoms with Gasteiger partial charge in [0.25, 0.3) is 0 Å². The van der Waals surface area contributed by atoms with Crippen LogP contribution in [-0.2, 0) is 17.6 Å². The van der Waals surface area contributed by atoms with Crippen LogP contribution in [0, 0.1) is 5.92 Å². The third-order valence-electron chi connectivity index (χ3n) is 4.92. The van der Waals surface area contributed by atoms with Gasteiger partial charge in [0.15, 0.2) is 0 Å². The van der Waals surface area contributed by atoms with Crippen molar-refractivity contribution in [1.82, 2.24) is 5.32 Å². The van der Waals surface area contributed by atoms with E-state index < -0.39 is 0 Å². The van der Waals surface area contributed by atoms with Gasteiger partial charge in [0.05, 0.1) is 5.54 Å². The third-order valence-corrected chi connectivity index (χ3v) is 5.43. The monoisotopic (exact) mass is 291 g/mol. The van der Waals surface area contributed by atoms with Gasteiger partial charge in [0.2, 0.25) is 5.91 Å². The molecule has 0 aromatic heterocycles. The number of nitrogens with one attached hydrogen (secondary N) is 1. The molecule has 0 radical (unpaired) electrons. The van der Waals surface area contributed by atoms with Crippen LogP contribution in [0.3, 0.4) is 0 Å². The lowest BCUT2D eigenvalue weighted by Gasteiger charge is -2.32. The fourth-order valence-electron chi connectivity index (χ4n) is 3.63. The first-order valence-corrected chi connectivity index (χ1v) is 8.21. The van der Waals surface area contributed by atoms with Crippen molar-refractivity contribution in [2.24, 2.45) is 5.92 Å². The van der Waals surface area contributed by atoms with Crippen molar-refractivity contribution in [1.29, 1.82) is 0 Å². The van der Waals surface area contributed by atoms with Crippen LogP contribution >= 0.6 is 11.6 Å². The molecule has 1 aromatic carbocycles. The maximum Gasteiger partial charge on any atom is 0.223 e. The lowest BCUT2D eigenvalue weighted by molar-refractivity contribution is -0.127. The highest BCUT2D eigenvalue weighted by Crippen LogP contribution is 2.32. The minimum absolute atomic E-state index is 0.116. The fraction of sp³-hybridized carbons (Fsp3) is 0.588. The van der Waals surface area contributed by atoms with E-state index in [2.05, 4.69) is 29.6 Å². The summed E-state index contributed by atoms with van der Waals surface area (Å²) in [6.45, 7) is 0. The van der Waals surface area contributed by atoms with Crippen LogP contribution < -0.4 is 5.32 Å². The van der Waals surface area contributed by atoms with Crippen molar-refractivity contribution in [3.05, 3.63) is 35.4 Å². The summed E-state index contributed by atoms with van der Waals surface area (Å²) in [5.74, 6) is 0.870. The predicted molar refractivity (Wildman–Crippen MR) is 82.0 cm³/mol. The zero-order valence-electron chi connectivity index (χ0n) is 11.8. The highest BCUT2D eigenvalue weighted by atomic mass is 35.5. The van der Waals surface area contributed by atoms with E-state index in [1.807, 2.05) is 0 Å². The largest absolute Gasteiger partial charge is 0.349 e. The normalized spacial score (nSPS) is 24.1. The standard InChI is InChI=1S/C17H22ClNO/c18-12-17(9-3-4-10-17)19-16(20)15-8-7-13-5-1-2-6-14(13)11-15/h1-2,5-6,15H,3-4,7-12H2,(H,19,20). The zero-order valence-corrected chi connectivity index (χ0v) is 12.6. The topological polar surface area (TPSA) is 29.1 Å². The molecule has 108 valence electrons. The van der Waals surface area contributed by atoms with E-state index in [1.54, 1.807) is 0 Å². The summed E-state index contributed by atoms with van der Waals surface area (Å²) in [6.07, 6.45) is 7.28. The van der Waals surface area contributed by atoms with E-state index >= 15 is 0 Å². The number of amides is 1. The van der Waals surface area contributed by atoms with Gasteiger partial charge in [-0.3, -0.25) is 4.79 Å². The Morgan fingerprint density at radius 2 is 1.95 bits per heavy atom. The molecule has 0 heterocycles. The molecule has 2 aliphatic carbocycles. The molecule has 0 spiro atoms. The molecule has 2 nitrogen and oxygen atoms in total. The van der Waals surface area contributed by atoms with Gasteiger partial charge in [0, 0.05) is 11.8 Å². The highest BCUT2D eigenvalue weighted by Gasteiger charge is 2.36. The van der Waals surface area contributed by atoms with E-state index in [1.165, 1.54) is 24.0 Å². The van der Waals surface area contributed by atoms with Gasteiger partial charge < -0.3 is 5.32 Å². The van der Waals surface area contributed by atoms with Crippen molar-refractivity contribution in [3.63, 3.8) is 0 Å². The molecule has 1 fully saturated rings. The van der Waals surface area contributed by atoms with E-state index in [4.69, 9.17) is 11.6 Å². The molecule has 1 aromatic rings. The summed E-state index contributed by atoms with van der Waals surface area (Å²) in [7, 11) is 0. The summed E-state index contributed by atoms with van der Waals surface area (Å²) < 4.78 is 0. The van der Waals surface area contributed by atoms with Crippen LogP contribution in [0.25, 0.3) is 0 Å². The van der Waals surface area contributed by atoms with Gasteiger partial charge in [-0.2, -0.15) is 0 Å². The number of hydrogen-bond donors (Lipinski definition) is 1. The molecule has 1 atom stereocenters. The zero-order chi connectivity index (χ0) is 14.0. The molecule has 1 saturated carbocycles. The van der Waals surface area contributed by atoms with Crippen molar-refractivity contribution >= 4 is 17.5 Å². The minimum atomic E-state index is -0.129. The summed E-state index contributed by atoms with van der Waals surface area (Å²) >= 11 is 6.11. The molecule has 3 rings (SSSR count). The average molecular weight is 292 g/mol. The average Bonchev–Trinajstić information content (AvgIpc) is 2.96. The molecule has 0 saturated heterocycles. The first-order valence-electron chi connectivity index (χ1n) is 7.67. The SMILES string of the molecule is O=C(NC1(CCl)CCCC1)C1CCc2ccccc2C1. The number of alkyl halides is 1. The van der Waals surface area contributed by atoms with Crippen molar-refractivity contribution in [2.45, 2.75) is 50.5 Å². The van der Waals surface area contributed by atoms with Gasteiger partial charge in [-0.15, -0.1) is 11.6 Å². The number of benzene rings is 1. The van der Waals surface area contributed by atoms with Gasteiger partial charge in [-0.1, -0.05) is 37.1 Å². The molecular weight excluding hydrogens is 270 g/mol. The Morgan fingerprint density at radius 3 is 2.65 bits per heavy atom. The summed E-state index contributed by atoms with van der Waals surface area (Å²) in [5.41, 5.74) is 2.62. The second kappa shape index (κ2) is 5.77. The van der Waals surface area contributed by atoms with E-state index in [9.17, 15) is 4.79 Å². The van der Waals surface area contributed by atoms with Crippen LogP contribution in [0.2, 0.25) is 0 Å². The Kier molecular flexibility index (Phi) is 4.02. The second-order valence-corrected chi connectivity index (χ2v) is 6.59. The van der Waals surface area contributed by atoms with Gasteiger partial charge in [0.1, 0.15) is 0 Å². The van der Waals surface area contributed by atoms with Crippen molar-refractivity contribution < 1.29 is 4.79 Å². The molecule has 1 N–H and O–H groups in total.